The minimum atomic E-state index is -0.593. The van der Waals surface area contributed by atoms with Gasteiger partial charge in [-0.25, -0.2) is 4.79 Å². The van der Waals surface area contributed by atoms with Crippen LogP contribution in [-0.2, 0) is 30.7 Å². The molecule has 0 saturated heterocycles. The highest BCUT2D eigenvalue weighted by atomic mass is 35.5. The lowest BCUT2D eigenvalue weighted by Gasteiger charge is -2.14. The maximum atomic E-state index is 13.6. The zero-order valence-electron chi connectivity index (χ0n) is 23.7. The molecule has 0 aliphatic rings. The van der Waals surface area contributed by atoms with Gasteiger partial charge in [-0.1, -0.05) is 67.1 Å². The number of nitrogens with one attached hydrogen (secondary N) is 2. The van der Waals surface area contributed by atoms with Crippen molar-refractivity contribution in [2.24, 2.45) is 0 Å². The first kappa shape index (κ1) is 29.5. The number of hydrogen-bond donors (Lipinski definition) is 2. The molecule has 0 atom stereocenters. The van der Waals surface area contributed by atoms with Gasteiger partial charge in [-0.3, -0.25) is 23.5 Å². The van der Waals surface area contributed by atoms with E-state index in [1.165, 1.54) is 4.57 Å². The molecule has 0 unspecified atom stereocenters. The van der Waals surface area contributed by atoms with Gasteiger partial charge in [0.05, 0.1) is 17.4 Å². The number of rotatable bonds is 10. The van der Waals surface area contributed by atoms with E-state index in [1.54, 1.807) is 48.5 Å². The standard InChI is InChI=1S/C34H31ClN4O4/c1-2-23-11-17-28(18-12-23)37-31(40)22-38-30-6-4-3-5-29(30)33(42)39(34(38)43)21-25-7-13-26(14-8-25)32(41)36-20-19-24-9-15-27(35)16-10-24/h3-18H,2,19-22H2,1H3,(H,36,41)(H,37,40). The highest BCUT2D eigenvalue weighted by Gasteiger charge is 2.16. The van der Waals surface area contributed by atoms with Crippen LogP contribution in [0.3, 0.4) is 0 Å². The van der Waals surface area contributed by atoms with Crippen molar-refractivity contribution in [2.75, 3.05) is 11.9 Å². The first-order chi connectivity index (χ1) is 20.8. The zero-order valence-corrected chi connectivity index (χ0v) is 24.4. The Bertz CT molecular complexity index is 1880. The van der Waals surface area contributed by atoms with E-state index in [4.69, 9.17) is 11.6 Å². The van der Waals surface area contributed by atoms with E-state index in [0.29, 0.717) is 45.7 Å². The Kier molecular flexibility index (Phi) is 9.17. The van der Waals surface area contributed by atoms with Gasteiger partial charge in [0.2, 0.25) is 5.91 Å². The number of fused-ring (bicyclic) bond motifs is 1. The fourth-order valence-electron chi connectivity index (χ4n) is 4.85. The third-order valence-corrected chi connectivity index (χ3v) is 7.50. The smallest absolute Gasteiger partial charge is 0.332 e. The third-order valence-electron chi connectivity index (χ3n) is 7.25. The van der Waals surface area contributed by atoms with Gasteiger partial charge in [-0.2, -0.15) is 0 Å². The van der Waals surface area contributed by atoms with Gasteiger partial charge < -0.3 is 10.6 Å². The summed E-state index contributed by atoms with van der Waals surface area (Å²) in [6.07, 6.45) is 1.56. The molecule has 0 aliphatic carbocycles. The molecule has 5 aromatic rings. The maximum absolute atomic E-state index is 13.6. The maximum Gasteiger partial charge on any atom is 0.332 e. The number of benzene rings is 4. The minimum absolute atomic E-state index is 0.0128. The van der Waals surface area contributed by atoms with Crippen molar-refractivity contribution in [1.82, 2.24) is 14.5 Å². The minimum Gasteiger partial charge on any atom is -0.352 e. The van der Waals surface area contributed by atoms with Crippen LogP contribution in [-0.4, -0.2) is 27.5 Å². The first-order valence-corrected chi connectivity index (χ1v) is 14.4. The van der Waals surface area contributed by atoms with E-state index in [1.807, 2.05) is 48.5 Å². The summed E-state index contributed by atoms with van der Waals surface area (Å²) in [5.74, 6) is -0.603. The highest BCUT2D eigenvalue weighted by molar-refractivity contribution is 6.30. The fraction of sp³-hybridized carbons (Fsp3) is 0.176. The summed E-state index contributed by atoms with van der Waals surface area (Å²) in [6, 6.07) is 28.5. The molecule has 1 aromatic heterocycles. The van der Waals surface area contributed by atoms with Crippen LogP contribution in [0.2, 0.25) is 5.02 Å². The van der Waals surface area contributed by atoms with Crippen LogP contribution < -0.4 is 21.9 Å². The molecule has 0 saturated carbocycles. The van der Waals surface area contributed by atoms with Crippen LogP contribution in [0.4, 0.5) is 5.69 Å². The van der Waals surface area contributed by atoms with Crippen molar-refractivity contribution in [3.8, 4) is 0 Å². The number of nitrogens with zero attached hydrogens (tertiary/aromatic N) is 2. The van der Waals surface area contributed by atoms with Crippen molar-refractivity contribution in [3.05, 3.63) is 145 Å². The molecule has 5 rings (SSSR count). The van der Waals surface area contributed by atoms with Crippen molar-refractivity contribution in [3.63, 3.8) is 0 Å². The summed E-state index contributed by atoms with van der Waals surface area (Å²) >= 11 is 5.92. The molecule has 9 heteroatoms. The number of carbonyl (C=O) groups is 2. The Labute approximate surface area is 253 Å². The van der Waals surface area contributed by atoms with Crippen molar-refractivity contribution < 1.29 is 9.59 Å². The number of halogens is 1. The Hall–Kier alpha value is -4.95. The number of aromatic nitrogens is 2. The van der Waals surface area contributed by atoms with E-state index in [2.05, 4.69) is 17.6 Å². The van der Waals surface area contributed by atoms with Gasteiger partial charge in [0, 0.05) is 22.8 Å². The van der Waals surface area contributed by atoms with Gasteiger partial charge >= 0.3 is 5.69 Å². The number of carbonyl (C=O) groups excluding carboxylic acids is 2. The molecule has 0 radical (unpaired) electrons. The largest absolute Gasteiger partial charge is 0.352 e. The predicted molar refractivity (Wildman–Crippen MR) is 170 cm³/mol. The summed E-state index contributed by atoms with van der Waals surface area (Å²) < 4.78 is 2.43. The molecular weight excluding hydrogens is 564 g/mol. The first-order valence-electron chi connectivity index (χ1n) is 14.0. The van der Waals surface area contributed by atoms with Crippen LogP contribution in [0, 0.1) is 0 Å². The Morgan fingerprint density at radius 1 is 0.767 bits per heavy atom. The van der Waals surface area contributed by atoms with Gasteiger partial charge in [-0.15, -0.1) is 0 Å². The molecule has 8 nitrogen and oxygen atoms in total. The summed E-state index contributed by atoms with van der Waals surface area (Å²) in [5.41, 5.74) is 3.31. The predicted octanol–water partition coefficient (Wildman–Crippen LogP) is 5.04. The molecule has 2 N–H and O–H groups in total. The van der Waals surface area contributed by atoms with Crippen LogP contribution in [0.5, 0.6) is 0 Å². The van der Waals surface area contributed by atoms with Crippen molar-refractivity contribution in [2.45, 2.75) is 32.9 Å². The van der Waals surface area contributed by atoms with E-state index in [-0.39, 0.29) is 24.9 Å². The second-order valence-corrected chi connectivity index (χ2v) is 10.6. The molecule has 0 aliphatic heterocycles. The Balaban J connectivity index is 1.31. The highest BCUT2D eigenvalue weighted by Crippen LogP contribution is 2.13. The lowest BCUT2D eigenvalue weighted by molar-refractivity contribution is -0.116. The summed E-state index contributed by atoms with van der Waals surface area (Å²) in [6.45, 7) is 2.24. The fourth-order valence-corrected chi connectivity index (χ4v) is 4.97. The molecule has 1 heterocycles. The molecule has 43 heavy (non-hydrogen) atoms. The number of anilines is 1. The summed E-state index contributed by atoms with van der Waals surface area (Å²) in [4.78, 5) is 52.5. The monoisotopic (exact) mass is 594 g/mol. The third kappa shape index (κ3) is 7.10. The lowest BCUT2D eigenvalue weighted by atomic mass is 10.1. The summed E-state index contributed by atoms with van der Waals surface area (Å²) in [7, 11) is 0. The lowest BCUT2D eigenvalue weighted by Crippen LogP contribution is -2.42. The molecule has 4 aromatic carbocycles. The molecule has 0 fully saturated rings. The topological polar surface area (TPSA) is 102 Å². The quantitative estimate of drug-likeness (QED) is 0.236. The Morgan fingerprint density at radius 3 is 2.12 bits per heavy atom. The van der Waals surface area contributed by atoms with Crippen LogP contribution >= 0.6 is 11.6 Å². The van der Waals surface area contributed by atoms with E-state index in [9.17, 15) is 19.2 Å². The second-order valence-electron chi connectivity index (χ2n) is 10.2. The van der Waals surface area contributed by atoms with Crippen LogP contribution in [0.25, 0.3) is 10.9 Å². The SMILES string of the molecule is CCc1ccc(NC(=O)Cn2c(=O)n(Cc3ccc(C(=O)NCCc4ccc(Cl)cc4)cc3)c(=O)c3ccccc32)cc1. The molecule has 2 amide bonds. The normalized spacial score (nSPS) is 10.9. The number of aryl methyl sites for hydroxylation is 1. The van der Waals surface area contributed by atoms with Gasteiger partial charge in [-0.05, 0) is 78.1 Å². The summed E-state index contributed by atoms with van der Waals surface area (Å²) in [5, 5.41) is 6.73. The molecular formula is C34H31ClN4O4. The van der Waals surface area contributed by atoms with E-state index >= 15 is 0 Å². The zero-order chi connectivity index (χ0) is 30.3. The Morgan fingerprint density at radius 2 is 1.42 bits per heavy atom. The van der Waals surface area contributed by atoms with Crippen molar-refractivity contribution in [1.29, 1.82) is 0 Å². The van der Waals surface area contributed by atoms with E-state index < -0.39 is 11.2 Å². The number of para-hydroxylation sites is 1. The molecule has 0 bridgehead atoms. The van der Waals surface area contributed by atoms with Crippen molar-refractivity contribution >= 4 is 40.0 Å². The van der Waals surface area contributed by atoms with Gasteiger partial charge in [0.1, 0.15) is 6.54 Å². The van der Waals surface area contributed by atoms with Gasteiger partial charge in [0.25, 0.3) is 11.5 Å². The number of hydrogen-bond acceptors (Lipinski definition) is 4. The van der Waals surface area contributed by atoms with Gasteiger partial charge in [0.15, 0.2) is 0 Å². The van der Waals surface area contributed by atoms with E-state index in [0.717, 1.165) is 22.1 Å². The average Bonchev–Trinajstić information content (AvgIpc) is 3.03. The molecule has 218 valence electrons. The van der Waals surface area contributed by atoms with Crippen LogP contribution in [0.15, 0.2) is 107 Å². The number of amides is 2. The average molecular weight is 595 g/mol. The molecule has 0 spiro atoms. The second kappa shape index (κ2) is 13.4. The van der Waals surface area contributed by atoms with Crippen LogP contribution in [0.1, 0.15) is 34.0 Å².